The van der Waals surface area contributed by atoms with Crippen molar-refractivity contribution in [3.05, 3.63) is 18.2 Å². The lowest BCUT2D eigenvalue weighted by Crippen LogP contribution is -2.25. The predicted molar refractivity (Wildman–Crippen MR) is 84.9 cm³/mol. The van der Waals surface area contributed by atoms with E-state index in [1.54, 1.807) is 6.07 Å². The minimum absolute atomic E-state index is 0.0584. The van der Waals surface area contributed by atoms with Gasteiger partial charge in [-0.15, -0.1) is 0 Å². The molecule has 0 unspecified atom stereocenters. The van der Waals surface area contributed by atoms with Crippen LogP contribution in [0.25, 0.3) is 0 Å². The first-order valence-corrected chi connectivity index (χ1v) is 9.03. The molecule has 1 aromatic carbocycles. The summed E-state index contributed by atoms with van der Waals surface area (Å²) in [5.74, 6) is 0.977. The second-order valence-electron chi connectivity index (χ2n) is 4.78. The molecule has 1 rings (SSSR count). The lowest BCUT2D eigenvalue weighted by Gasteiger charge is -2.14. The van der Waals surface area contributed by atoms with Gasteiger partial charge in [-0.3, -0.25) is 0 Å². The van der Waals surface area contributed by atoms with E-state index in [9.17, 15) is 8.42 Å². The van der Waals surface area contributed by atoms with E-state index in [1.165, 1.54) is 12.1 Å². The highest BCUT2D eigenvalue weighted by Gasteiger charge is 2.17. The molecule has 0 saturated heterocycles. The molecular weight excluding hydrogens is 306 g/mol. The van der Waals surface area contributed by atoms with Gasteiger partial charge in [-0.2, -0.15) is 0 Å². The molecule has 0 aliphatic rings. The summed E-state index contributed by atoms with van der Waals surface area (Å²) in [6.45, 7) is 5.14. The molecule has 2 N–H and O–H groups in total. The molecule has 0 atom stereocenters. The zero-order valence-corrected chi connectivity index (χ0v) is 14.0. The lowest BCUT2D eigenvalue weighted by atomic mass is 10.3. The number of nitrogens with one attached hydrogen (secondary N) is 1. The van der Waals surface area contributed by atoms with Gasteiger partial charge in [0.1, 0.15) is 0 Å². The van der Waals surface area contributed by atoms with Crippen LogP contribution in [0.3, 0.4) is 0 Å². The molecule has 0 amide bonds. The van der Waals surface area contributed by atoms with Crippen molar-refractivity contribution in [1.82, 2.24) is 4.72 Å². The number of sulfonamides is 1. The van der Waals surface area contributed by atoms with Gasteiger partial charge in [0.05, 0.1) is 18.1 Å². The predicted octanol–water partition coefficient (Wildman–Crippen LogP) is 1.92. The Labute approximate surface area is 132 Å². The van der Waals surface area contributed by atoms with E-state index in [2.05, 4.69) is 4.72 Å². The Kier molecular flexibility index (Phi) is 8.22. The molecule has 0 bridgehead atoms. The highest BCUT2D eigenvalue weighted by molar-refractivity contribution is 7.89. The molecule has 0 aliphatic carbocycles. The summed E-state index contributed by atoms with van der Waals surface area (Å²) in [6.07, 6.45) is 2.05. The quantitative estimate of drug-likeness (QED) is 0.605. The van der Waals surface area contributed by atoms with E-state index < -0.39 is 10.0 Å². The molecule has 0 spiro atoms. The van der Waals surface area contributed by atoms with Gasteiger partial charge in [0.25, 0.3) is 0 Å². The third-order valence-electron chi connectivity index (χ3n) is 2.78. The van der Waals surface area contributed by atoms with Gasteiger partial charge in [0, 0.05) is 19.2 Å². The SMILES string of the molecule is CCCOc1ccc(S(=O)(=O)NCCCO)cc1OCCC. The molecule has 22 heavy (non-hydrogen) atoms. The molecule has 0 saturated carbocycles. The number of ether oxygens (including phenoxy) is 2. The maximum atomic E-state index is 12.2. The molecular formula is C15H25NO5S. The number of benzene rings is 1. The van der Waals surface area contributed by atoms with Crippen molar-refractivity contribution in [1.29, 1.82) is 0 Å². The van der Waals surface area contributed by atoms with Crippen LogP contribution in [-0.4, -0.2) is 39.9 Å². The normalized spacial score (nSPS) is 11.4. The standard InChI is InChI=1S/C15H25NO5S/c1-3-10-20-14-7-6-13(12-15(14)21-11-4-2)22(18,19)16-8-5-9-17/h6-7,12,16-17H,3-5,8-11H2,1-2H3. The van der Waals surface area contributed by atoms with Crippen LogP contribution in [-0.2, 0) is 10.0 Å². The monoisotopic (exact) mass is 331 g/mol. The van der Waals surface area contributed by atoms with E-state index in [-0.39, 0.29) is 18.0 Å². The van der Waals surface area contributed by atoms with Crippen molar-refractivity contribution in [3.8, 4) is 11.5 Å². The van der Waals surface area contributed by atoms with Gasteiger partial charge >= 0.3 is 0 Å². The summed E-state index contributed by atoms with van der Waals surface area (Å²) in [4.78, 5) is 0.125. The average molecular weight is 331 g/mol. The maximum Gasteiger partial charge on any atom is 0.240 e. The van der Waals surface area contributed by atoms with Crippen LogP contribution in [0, 0.1) is 0 Å². The zero-order valence-electron chi connectivity index (χ0n) is 13.2. The fourth-order valence-corrected chi connectivity index (χ4v) is 2.77. The van der Waals surface area contributed by atoms with Gasteiger partial charge in [-0.25, -0.2) is 13.1 Å². The van der Waals surface area contributed by atoms with E-state index in [0.29, 0.717) is 31.1 Å². The van der Waals surface area contributed by atoms with Crippen molar-refractivity contribution in [3.63, 3.8) is 0 Å². The first kappa shape index (κ1) is 18.7. The highest BCUT2D eigenvalue weighted by Crippen LogP contribution is 2.30. The second-order valence-corrected chi connectivity index (χ2v) is 6.55. The summed E-state index contributed by atoms with van der Waals surface area (Å²) in [7, 11) is -3.61. The van der Waals surface area contributed by atoms with Crippen LogP contribution in [0.4, 0.5) is 0 Å². The molecule has 0 aromatic heterocycles. The number of aliphatic hydroxyl groups excluding tert-OH is 1. The summed E-state index contributed by atoms with van der Waals surface area (Å²) in [6, 6.07) is 4.58. The minimum Gasteiger partial charge on any atom is -0.490 e. The Morgan fingerprint density at radius 3 is 2.32 bits per heavy atom. The molecule has 126 valence electrons. The Hall–Kier alpha value is -1.31. The first-order chi connectivity index (χ1) is 10.5. The zero-order chi connectivity index (χ0) is 16.4. The molecule has 6 nitrogen and oxygen atoms in total. The summed E-state index contributed by atoms with van der Waals surface area (Å²) in [5, 5.41) is 8.72. The molecule has 7 heteroatoms. The fourth-order valence-electron chi connectivity index (χ4n) is 1.68. The molecule has 0 fully saturated rings. The van der Waals surface area contributed by atoms with Gasteiger partial charge in [-0.05, 0) is 31.4 Å². The largest absolute Gasteiger partial charge is 0.490 e. The van der Waals surface area contributed by atoms with Gasteiger partial charge < -0.3 is 14.6 Å². The maximum absolute atomic E-state index is 12.2. The summed E-state index contributed by atoms with van der Waals surface area (Å²) >= 11 is 0. The van der Waals surface area contributed by atoms with E-state index in [4.69, 9.17) is 14.6 Å². The van der Waals surface area contributed by atoms with Crippen molar-refractivity contribution >= 4 is 10.0 Å². The van der Waals surface area contributed by atoms with Gasteiger partial charge in [0.15, 0.2) is 11.5 Å². The Bertz CT molecular complexity index is 545. The van der Waals surface area contributed by atoms with Crippen LogP contribution >= 0.6 is 0 Å². The molecule has 0 heterocycles. The van der Waals surface area contributed by atoms with E-state index >= 15 is 0 Å². The fraction of sp³-hybridized carbons (Fsp3) is 0.600. The number of rotatable bonds is 11. The Morgan fingerprint density at radius 2 is 1.73 bits per heavy atom. The second kappa shape index (κ2) is 9.66. The Balaban J connectivity index is 2.96. The van der Waals surface area contributed by atoms with Crippen molar-refractivity contribution < 1.29 is 23.0 Å². The van der Waals surface area contributed by atoms with Crippen LogP contribution in [0.2, 0.25) is 0 Å². The molecule has 0 radical (unpaired) electrons. The van der Waals surface area contributed by atoms with E-state index in [1.807, 2.05) is 13.8 Å². The number of hydrogen-bond donors (Lipinski definition) is 2. The molecule has 1 aromatic rings. The van der Waals surface area contributed by atoms with Crippen LogP contribution in [0.15, 0.2) is 23.1 Å². The van der Waals surface area contributed by atoms with Gasteiger partial charge in [0.2, 0.25) is 10.0 Å². The summed E-state index contributed by atoms with van der Waals surface area (Å²) in [5.41, 5.74) is 0. The van der Waals surface area contributed by atoms with Crippen molar-refractivity contribution in [2.45, 2.75) is 38.0 Å². The number of aliphatic hydroxyl groups is 1. The third kappa shape index (κ3) is 5.82. The topological polar surface area (TPSA) is 84.9 Å². The van der Waals surface area contributed by atoms with Crippen molar-refractivity contribution in [2.75, 3.05) is 26.4 Å². The van der Waals surface area contributed by atoms with Crippen molar-refractivity contribution in [2.24, 2.45) is 0 Å². The average Bonchev–Trinajstić information content (AvgIpc) is 2.51. The van der Waals surface area contributed by atoms with E-state index in [0.717, 1.165) is 12.8 Å². The Morgan fingerprint density at radius 1 is 1.09 bits per heavy atom. The third-order valence-corrected chi connectivity index (χ3v) is 4.23. The van der Waals surface area contributed by atoms with Crippen LogP contribution < -0.4 is 14.2 Å². The highest BCUT2D eigenvalue weighted by atomic mass is 32.2. The van der Waals surface area contributed by atoms with Crippen LogP contribution in [0.1, 0.15) is 33.1 Å². The van der Waals surface area contributed by atoms with Gasteiger partial charge in [-0.1, -0.05) is 13.8 Å². The number of hydrogen-bond acceptors (Lipinski definition) is 5. The first-order valence-electron chi connectivity index (χ1n) is 7.55. The lowest BCUT2D eigenvalue weighted by molar-refractivity contribution is 0.267. The summed E-state index contributed by atoms with van der Waals surface area (Å²) < 4.78 is 37.9. The van der Waals surface area contributed by atoms with Crippen LogP contribution in [0.5, 0.6) is 11.5 Å². The smallest absolute Gasteiger partial charge is 0.240 e. The molecule has 0 aliphatic heterocycles. The minimum atomic E-state index is -3.61.